The van der Waals surface area contributed by atoms with Crippen LogP contribution in [0.5, 0.6) is 0 Å². The van der Waals surface area contributed by atoms with Crippen LogP contribution in [-0.2, 0) is 19.0 Å². The predicted octanol–water partition coefficient (Wildman–Crippen LogP) is 3.07. The molecule has 1 atom stereocenters. The molecule has 1 saturated carbocycles. The zero-order valence-electron chi connectivity index (χ0n) is 13.1. The van der Waals surface area contributed by atoms with Gasteiger partial charge in [0.2, 0.25) is 0 Å². The molecule has 1 unspecified atom stereocenters. The maximum absolute atomic E-state index is 12.0. The second kappa shape index (κ2) is 5.15. The van der Waals surface area contributed by atoms with Crippen molar-refractivity contribution in [2.75, 3.05) is 19.8 Å². The van der Waals surface area contributed by atoms with Crippen LogP contribution in [-0.4, -0.2) is 31.6 Å². The first-order chi connectivity index (χ1) is 9.29. The standard InChI is InChI=1S/C16H26O4/c1-6-18-13(17)11-15(5)12(2)7-8-16(14(15,3)4)19-9-10-20-16/h2,6-11H2,1,3-5H3. The predicted molar refractivity (Wildman–Crippen MR) is 76.1 cm³/mol. The average molecular weight is 282 g/mol. The Labute approximate surface area is 121 Å². The van der Waals surface area contributed by atoms with Gasteiger partial charge in [0.1, 0.15) is 0 Å². The molecule has 20 heavy (non-hydrogen) atoms. The van der Waals surface area contributed by atoms with Gasteiger partial charge < -0.3 is 14.2 Å². The quantitative estimate of drug-likeness (QED) is 0.589. The van der Waals surface area contributed by atoms with Crippen molar-refractivity contribution in [3.63, 3.8) is 0 Å². The summed E-state index contributed by atoms with van der Waals surface area (Å²) in [4.78, 5) is 12.0. The lowest BCUT2D eigenvalue weighted by Gasteiger charge is -2.57. The summed E-state index contributed by atoms with van der Waals surface area (Å²) in [5.41, 5.74) is 0.362. The minimum absolute atomic E-state index is 0.181. The lowest BCUT2D eigenvalue weighted by Crippen LogP contribution is -2.58. The van der Waals surface area contributed by atoms with Crippen molar-refractivity contribution in [1.29, 1.82) is 0 Å². The molecule has 4 nitrogen and oxygen atoms in total. The third kappa shape index (κ3) is 2.09. The van der Waals surface area contributed by atoms with Gasteiger partial charge in [-0.25, -0.2) is 0 Å². The van der Waals surface area contributed by atoms with Crippen molar-refractivity contribution >= 4 is 5.97 Å². The molecule has 0 amide bonds. The second-order valence-electron chi connectivity index (χ2n) is 6.49. The summed E-state index contributed by atoms with van der Waals surface area (Å²) in [6.07, 6.45) is 1.94. The molecule has 1 saturated heterocycles. The molecule has 0 aromatic rings. The highest BCUT2D eigenvalue weighted by Gasteiger charge is 2.62. The summed E-state index contributed by atoms with van der Waals surface area (Å²) < 4.78 is 17.1. The number of rotatable bonds is 3. The maximum Gasteiger partial charge on any atom is 0.306 e. The van der Waals surface area contributed by atoms with Crippen molar-refractivity contribution in [1.82, 2.24) is 0 Å². The Kier molecular flexibility index (Phi) is 4.00. The van der Waals surface area contributed by atoms with E-state index < -0.39 is 5.79 Å². The smallest absolute Gasteiger partial charge is 0.306 e. The van der Waals surface area contributed by atoms with Gasteiger partial charge in [-0.1, -0.05) is 32.9 Å². The fraction of sp³-hybridized carbons (Fsp3) is 0.812. The van der Waals surface area contributed by atoms with E-state index >= 15 is 0 Å². The zero-order valence-corrected chi connectivity index (χ0v) is 13.1. The van der Waals surface area contributed by atoms with Crippen LogP contribution < -0.4 is 0 Å². The fourth-order valence-corrected chi connectivity index (χ4v) is 3.57. The van der Waals surface area contributed by atoms with Crippen LogP contribution >= 0.6 is 0 Å². The first-order valence-corrected chi connectivity index (χ1v) is 7.41. The second-order valence-corrected chi connectivity index (χ2v) is 6.49. The summed E-state index contributed by atoms with van der Waals surface area (Å²) in [5, 5.41) is 0. The first kappa shape index (κ1) is 15.5. The lowest BCUT2D eigenvalue weighted by atomic mass is 9.52. The van der Waals surface area contributed by atoms with Crippen LogP contribution in [0.15, 0.2) is 12.2 Å². The monoisotopic (exact) mass is 282 g/mol. The van der Waals surface area contributed by atoms with E-state index in [1.165, 1.54) is 0 Å². The number of esters is 1. The third-order valence-electron chi connectivity index (χ3n) is 5.42. The highest BCUT2D eigenvalue weighted by molar-refractivity contribution is 5.71. The van der Waals surface area contributed by atoms with E-state index in [0.717, 1.165) is 18.4 Å². The molecule has 114 valence electrons. The normalized spacial score (nSPS) is 31.5. The molecule has 0 aromatic heterocycles. The van der Waals surface area contributed by atoms with Gasteiger partial charge in [0.25, 0.3) is 0 Å². The Hall–Kier alpha value is -0.870. The lowest BCUT2D eigenvalue weighted by molar-refractivity contribution is -0.270. The minimum Gasteiger partial charge on any atom is -0.466 e. The van der Waals surface area contributed by atoms with Crippen LogP contribution in [0.25, 0.3) is 0 Å². The van der Waals surface area contributed by atoms with Crippen molar-refractivity contribution in [3.05, 3.63) is 12.2 Å². The van der Waals surface area contributed by atoms with Crippen molar-refractivity contribution in [2.24, 2.45) is 10.8 Å². The molecule has 0 bridgehead atoms. The number of carbonyl (C=O) groups excluding carboxylic acids is 1. The Morgan fingerprint density at radius 2 is 1.90 bits per heavy atom. The van der Waals surface area contributed by atoms with Gasteiger partial charge >= 0.3 is 5.97 Å². The number of carbonyl (C=O) groups is 1. The number of hydrogen-bond acceptors (Lipinski definition) is 4. The van der Waals surface area contributed by atoms with Gasteiger partial charge in [0.15, 0.2) is 5.79 Å². The third-order valence-corrected chi connectivity index (χ3v) is 5.42. The van der Waals surface area contributed by atoms with E-state index in [0.29, 0.717) is 26.2 Å². The first-order valence-electron chi connectivity index (χ1n) is 7.41. The molecular weight excluding hydrogens is 256 g/mol. The summed E-state index contributed by atoms with van der Waals surface area (Å²) in [5.74, 6) is -0.783. The van der Waals surface area contributed by atoms with Gasteiger partial charge in [-0.2, -0.15) is 0 Å². The molecule has 1 aliphatic heterocycles. The summed E-state index contributed by atoms with van der Waals surface area (Å²) in [6, 6.07) is 0. The maximum atomic E-state index is 12.0. The van der Waals surface area contributed by atoms with Crippen LogP contribution in [0.2, 0.25) is 0 Å². The SMILES string of the molecule is C=C1CCC2(OCCO2)C(C)(C)C1(C)CC(=O)OCC. The van der Waals surface area contributed by atoms with Crippen LogP contribution in [0, 0.1) is 10.8 Å². The summed E-state index contributed by atoms with van der Waals surface area (Å²) >= 11 is 0. The van der Waals surface area contributed by atoms with E-state index in [4.69, 9.17) is 14.2 Å². The van der Waals surface area contributed by atoms with Gasteiger partial charge in [-0.05, 0) is 13.3 Å². The Bertz CT molecular complexity index is 407. The van der Waals surface area contributed by atoms with Gasteiger partial charge in [-0.15, -0.1) is 0 Å². The topological polar surface area (TPSA) is 44.8 Å². The molecule has 1 aliphatic carbocycles. The zero-order chi connectivity index (χ0) is 15.0. The highest BCUT2D eigenvalue weighted by atomic mass is 16.7. The van der Waals surface area contributed by atoms with Gasteiger partial charge in [0.05, 0.1) is 26.2 Å². The van der Waals surface area contributed by atoms with E-state index in [2.05, 4.69) is 27.4 Å². The molecule has 1 spiro atoms. The minimum atomic E-state index is -0.602. The van der Waals surface area contributed by atoms with E-state index in [1.54, 1.807) is 0 Å². The van der Waals surface area contributed by atoms with E-state index in [1.807, 2.05) is 6.92 Å². The molecular formula is C16H26O4. The van der Waals surface area contributed by atoms with Gasteiger partial charge in [-0.3, -0.25) is 4.79 Å². The molecule has 0 N–H and O–H groups in total. The Balaban J connectivity index is 2.32. The summed E-state index contributed by atoms with van der Waals surface area (Å²) in [7, 11) is 0. The molecule has 0 aromatic carbocycles. The van der Waals surface area contributed by atoms with E-state index in [9.17, 15) is 4.79 Å². The molecule has 2 rings (SSSR count). The molecule has 4 heteroatoms. The fourth-order valence-electron chi connectivity index (χ4n) is 3.57. The van der Waals surface area contributed by atoms with Crippen LogP contribution in [0.4, 0.5) is 0 Å². The number of hydrogen-bond donors (Lipinski definition) is 0. The Morgan fingerprint density at radius 3 is 2.45 bits per heavy atom. The number of ether oxygens (including phenoxy) is 3. The average Bonchev–Trinajstić information content (AvgIpc) is 2.84. The molecule has 2 fully saturated rings. The largest absolute Gasteiger partial charge is 0.466 e. The highest BCUT2D eigenvalue weighted by Crippen LogP contribution is 2.61. The molecule has 2 aliphatic rings. The summed E-state index contributed by atoms with van der Waals surface area (Å²) in [6.45, 7) is 14.0. The molecule has 0 radical (unpaired) electrons. The van der Waals surface area contributed by atoms with Crippen molar-refractivity contribution in [2.45, 2.75) is 52.7 Å². The van der Waals surface area contributed by atoms with Crippen molar-refractivity contribution < 1.29 is 19.0 Å². The van der Waals surface area contributed by atoms with Crippen LogP contribution in [0.1, 0.15) is 47.0 Å². The van der Waals surface area contributed by atoms with Crippen LogP contribution in [0.3, 0.4) is 0 Å². The van der Waals surface area contributed by atoms with Crippen molar-refractivity contribution in [3.8, 4) is 0 Å². The molecule has 1 heterocycles. The number of allylic oxidation sites excluding steroid dienone is 1. The van der Waals surface area contributed by atoms with Gasteiger partial charge in [0, 0.05) is 17.3 Å². The van der Waals surface area contributed by atoms with E-state index in [-0.39, 0.29) is 16.8 Å². The Morgan fingerprint density at radius 1 is 1.30 bits per heavy atom.